The highest BCUT2D eigenvalue weighted by atomic mass is 16.3. The van der Waals surface area contributed by atoms with Gasteiger partial charge in [0.05, 0.1) is 0 Å². The van der Waals surface area contributed by atoms with Gasteiger partial charge in [0.2, 0.25) is 0 Å². The quantitative estimate of drug-likeness (QED) is 0.705. The van der Waals surface area contributed by atoms with Crippen LogP contribution in [0.15, 0.2) is 12.4 Å². The van der Waals surface area contributed by atoms with Crippen molar-refractivity contribution >= 4 is 5.82 Å². The van der Waals surface area contributed by atoms with Crippen LogP contribution in [0.25, 0.3) is 0 Å². The molecule has 1 aliphatic carbocycles. The van der Waals surface area contributed by atoms with Gasteiger partial charge >= 0.3 is 0 Å². The number of aliphatic hydroxyl groups is 1. The maximum absolute atomic E-state index is 9.29. The molecule has 1 aromatic rings. The van der Waals surface area contributed by atoms with Gasteiger partial charge in [-0.25, -0.2) is 9.97 Å². The van der Waals surface area contributed by atoms with E-state index in [9.17, 15) is 5.11 Å². The summed E-state index contributed by atoms with van der Waals surface area (Å²) in [5.41, 5.74) is 0.983. The van der Waals surface area contributed by atoms with Crippen LogP contribution >= 0.6 is 0 Å². The van der Waals surface area contributed by atoms with Crippen LogP contribution in [-0.2, 0) is 0 Å². The fourth-order valence-electron chi connectivity index (χ4n) is 2.49. The van der Waals surface area contributed by atoms with E-state index in [1.54, 1.807) is 13.3 Å². The second-order valence-electron chi connectivity index (χ2n) is 5.08. The Kier molecular flexibility index (Phi) is 4.49. The molecule has 1 saturated carbocycles. The fraction of sp³-hybridized carbons (Fsp3) is 0.692. The Hall–Kier alpha value is -1.20. The summed E-state index contributed by atoms with van der Waals surface area (Å²) in [5, 5.41) is 15.9. The van der Waals surface area contributed by atoms with Crippen molar-refractivity contribution in [3.05, 3.63) is 18.1 Å². The van der Waals surface area contributed by atoms with Crippen molar-refractivity contribution < 1.29 is 5.11 Å². The van der Waals surface area contributed by atoms with Gasteiger partial charge in [0, 0.05) is 23.8 Å². The normalized spacial score (nSPS) is 25.7. The summed E-state index contributed by atoms with van der Waals surface area (Å²) in [6.07, 6.45) is 5.57. The monoisotopic (exact) mass is 250 g/mol. The van der Waals surface area contributed by atoms with Crippen molar-refractivity contribution in [2.75, 3.05) is 5.32 Å². The Morgan fingerprint density at radius 3 is 2.50 bits per heavy atom. The average molecular weight is 250 g/mol. The second-order valence-corrected chi connectivity index (χ2v) is 5.08. The smallest absolute Gasteiger partial charge is 0.129 e. The van der Waals surface area contributed by atoms with Gasteiger partial charge < -0.3 is 10.4 Å². The summed E-state index contributed by atoms with van der Waals surface area (Å²) >= 11 is 0. The average Bonchev–Trinajstić information content (AvgIpc) is 2.31. The van der Waals surface area contributed by atoms with Crippen LogP contribution in [0.4, 0.5) is 5.82 Å². The van der Waals surface area contributed by atoms with E-state index in [4.69, 9.17) is 0 Å². The van der Waals surface area contributed by atoms with Crippen molar-refractivity contribution in [1.29, 1.82) is 0 Å². The summed E-state index contributed by atoms with van der Waals surface area (Å²) in [6.45, 7) is 3.74. The first kappa shape index (κ1) is 13.2. The van der Waals surface area contributed by atoms with Gasteiger partial charge in [0.25, 0.3) is 0 Å². The zero-order valence-electron chi connectivity index (χ0n) is 11.1. The third-order valence-electron chi connectivity index (χ3n) is 3.36. The lowest BCUT2D eigenvalue weighted by Crippen LogP contribution is -2.41. The van der Waals surface area contributed by atoms with Crippen LogP contribution in [0.5, 0.6) is 0 Å². The Labute approximate surface area is 108 Å². The minimum atomic E-state index is -0.413. The van der Waals surface area contributed by atoms with E-state index in [1.807, 2.05) is 13.0 Å². The number of aryl methyl sites for hydroxylation is 1. The highest BCUT2D eigenvalue weighted by molar-refractivity contribution is 5.35. The van der Waals surface area contributed by atoms with Gasteiger partial charge in [-0.1, -0.05) is 0 Å². The number of nitrogens with one attached hydrogen (secondary N) is 2. The minimum Gasteiger partial charge on any atom is -0.379 e. The van der Waals surface area contributed by atoms with Crippen molar-refractivity contribution in [1.82, 2.24) is 15.3 Å². The maximum Gasteiger partial charge on any atom is 0.129 e. The molecule has 18 heavy (non-hydrogen) atoms. The lowest BCUT2D eigenvalue weighted by atomic mass is 9.91. The predicted octanol–water partition coefficient (Wildman–Crippen LogP) is 1.44. The number of hydrogen-bond donors (Lipinski definition) is 3. The Bertz CT molecular complexity index is 375. The van der Waals surface area contributed by atoms with Gasteiger partial charge in [0.15, 0.2) is 0 Å². The molecule has 0 aliphatic heterocycles. The molecule has 1 fully saturated rings. The molecule has 1 heterocycles. The van der Waals surface area contributed by atoms with Crippen LogP contribution in [-0.4, -0.2) is 33.4 Å². The molecule has 5 nitrogen and oxygen atoms in total. The van der Waals surface area contributed by atoms with Gasteiger partial charge in [-0.15, -0.1) is 0 Å². The summed E-state index contributed by atoms with van der Waals surface area (Å²) in [7, 11) is 0. The molecule has 2 rings (SSSR count). The standard InChI is InChI=1S/C13H22N4O/c1-9-7-13(15-8-14-9)17-12-5-3-11(4-6-12)16-10(2)18/h7-8,10-12,16,18H,3-6H2,1-2H3,(H,14,15,17). The molecule has 1 aromatic heterocycles. The van der Waals surface area contributed by atoms with E-state index < -0.39 is 6.23 Å². The Balaban J connectivity index is 1.80. The van der Waals surface area contributed by atoms with Crippen LogP contribution < -0.4 is 10.6 Å². The van der Waals surface area contributed by atoms with Crippen molar-refractivity contribution in [2.45, 2.75) is 57.8 Å². The molecule has 0 spiro atoms. The highest BCUT2D eigenvalue weighted by Gasteiger charge is 2.21. The van der Waals surface area contributed by atoms with Gasteiger partial charge in [0.1, 0.15) is 18.4 Å². The zero-order chi connectivity index (χ0) is 13.0. The molecule has 0 amide bonds. The maximum atomic E-state index is 9.29. The summed E-state index contributed by atoms with van der Waals surface area (Å²) < 4.78 is 0. The summed E-state index contributed by atoms with van der Waals surface area (Å²) in [6, 6.07) is 2.89. The number of anilines is 1. The lowest BCUT2D eigenvalue weighted by molar-refractivity contribution is 0.129. The third kappa shape index (κ3) is 3.92. The molecular formula is C13H22N4O. The van der Waals surface area contributed by atoms with Crippen LogP contribution in [0.1, 0.15) is 38.3 Å². The van der Waals surface area contributed by atoms with Crippen LogP contribution in [0.2, 0.25) is 0 Å². The first-order chi connectivity index (χ1) is 8.63. The first-order valence-corrected chi connectivity index (χ1v) is 6.63. The molecule has 100 valence electrons. The number of hydrogen-bond acceptors (Lipinski definition) is 5. The summed E-state index contributed by atoms with van der Waals surface area (Å²) in [4.78, 5) is 8.31. The van der Waals surface area contributed by atoms with Gasteiger partial charge in [-0.3, -0.25) is 5.32 Å². The molecule has 0 radical (unpaired) electrons. The number of nitrogens with zero attached hydrogens (tertiary/aromatic N) is 2. The molecular weight excluding hydrogens is 228 g/mol. The van der Waals surface area contributed by atoms with E-state index in [-0.39, 0.29) is 0 Å². The Morgan fingerprint density at radius 1 is 1.22 bits per heavy atom. The number of aromatic nitrogens is 2. The van der Waals surface area contributed by atoms with Crippen molar-refractivity contribution in [2.24, 2.45) is 0 Å². The molecule has 0 bridgehead atoms. The van der Waals surface area contributed by atoms with Crippen molar-refractivity contribution in [3.8, 4) is 0 Å². The topological polar surface area (TPSA) is 70.1 Å². The number of rotatable bonds is 4. The van der Waals surface area contributed by atoms with Crippen LogP contribution in [0.3, 0.4) is 0 Å². The molecule has 1 aliphatic rings. The molecule has 5 heteroatoms. The SMILES string of the molecule is Cc1cc(NC2CCC(NC(C)O)CC2)ncn1. The highest BCUT2D eigenvalue weighted by Crippen LogP contribution is 2.21. The molecule has 0 aromatic carbocycles. The first-order valence-electron chi connectivity index (χ1n) is 6.63. The molecule has 1 atom stereocenters. The minimum absolute atomic E-state index is 0.413. The second kappa shape index (κ2) is 6.11. The molecule has 0 saturated heterocycles. The van der Waals surface area contributed by atoms with E-state index >= 15 is 0 Å². The van der Waals surface area contributed by atoms with E-state index in [0.717, 1.165) is 37.2 Å². The predicted molar refractivity (Wildman–Crippen MR) is 71.3 cm³/mol. The molecule has 1 unspecified atom stereocenters. The molecule has 3 N–H and O–H groups in total. The van der Waals surface area contributed by atoms with Crippen molar-refractivity contribution in [3.63, 3.8) is 0 Å². The van der Waals surface area contributed by atoms with Gasteiger partial charge in [-0.05, 0) is 39.5 Å². The lowest BCUT2D eigenvalue weighted by Gasteiger charge is -2.30. The van der Waals surface area contributed by atoms with Crippen LogP contribution in [0, 0.1) is 6.92 Å². The summed E-state index contributed by atoms with van der Waals surface area (Å²) in [5.74, 6) is 0.912. The number of aliphatic hydroxyl groups excluding tert-OH is 1. The van der Waals surface area contributed by atoms with E-state index in [0.29, 0.717) is 12.1 Å². The van der Waals surface area contributed by atoms with E-state index in [2.05, 4.69) is 20.6 Å². The third-order valence-corrected chi connectivity index (χ3v) is 3.36. The van der Waals surface area contributed by atoms with Gasteiger partial charge in [-0.2, -0.15) is 0 Å². The Morgan fingerprint density at radius 2 is 1.89 bits per heavy atom. The largest absolute Gasteiger partial charge is 0.379 e. The fourth-order valence-corrected chi connectivity index (χ4v) is 2.49. The zero-order valence-corrected chi connectivity index (χ0v) is 11.1. The van der Waals surface area contributed by atoms with E-state index in [1.165, 1.54) is 0 Å².